The molecule has 5 nitrogen and oxygen atoms in total. The van der Waals surface area contributed by atoms with E-state index >= 15 is 0 Å². The molecule has 1 amide bonds. The summed E-state index contributed by atoms with van der Waals surface area (Å²) in [5.74, 6) is -0.554. The number of rotatable bonds is 1. The quantitative estimate of drug-likeness (QED) is 0.802. The van der Waals surface area contributed by atoms with Gasteiger partial charge in [-0.05, 0) is 24.1 Å². The second-order valence-electron chi connectivity index (χ2n) is 4.86. The van der Waals surface area contributed by atoms with Crippen LogP contribution in [0.4, 0.5) is 13.2 Å². The van der Waals surface area contributed by atoms with E-state index in [1.807, 2.05) is 0 Å². The van der Waals surface area contributed by atoms with Crippen LogP contribution in [0.5, 0.6) is 0 Å². The first-order chi connectivity index (χ1) is 10.3. The Bertz CT molecular complexity index is 749. The van der Waals surface area contributed by atoms with E-state index in [0.717, 1.165) is 6.07 Å². The van der Waals surface area contributed by atoms with Gasteiger partial charge in [0.25, 0.3) is 5.91 Å². The van der Waals surface area contributed by atoms with Crippen molar-refractivity contribution >= 4 is 39.1 Å². The Balaban J connectivity index is 2.08. The van der Waals surface area contributed by atoms with Crippen molar-refractivity contribution in [3.63, 3.8) is 0 Å². The number of carbonyl (C=O) groups excluding carboxylic acids is 1. The van der Waals surface area contributed by atoms with Crippen molar-refractivity contribution in [3.8, 4) is 0 Å². The molecule has 1 aliphatic heterocycles. The lowest BCUT2D eigenvalue weighted by atomic mass is 10.3. The minimum Gasteiger partial charge on any atom is -0.391 e. The molecule has 2 aromatic rings. The molecule has 0 aromatic carbocycles. The largest absolute Gasteiger partial charge is 0.425 e. The molecule has 3 rings (SSSR count). The highest BCUT2D eigenvalue weighted by Gasteiger charge is 2.35. The third kappa shape index (κ3) is 2.75. The van der Waals surface area contributed by atoms with Crippen LogP contribution in [0.3, 0.4) is 0 Å². The number of aromatic nitrogens is 2. The van der Waals surface area contributed by atoms with Crippen LogP contribution < -0.4 is 0 Å². The number of fused-ring (bicyclic) bond motifs is 1. The van der Waals surface area contributed by atoms with Gasteiger partial charge in [-0.25, -0.2) is 9.97 Å². The van der Waals surface area contributed by atoms with Crippen molar-refractivity contribution in [1.29, 1.82) is 0 Å². The van der Waals surface area contributed by atoms with E-state index in [1.165, 1.54) is 4.90 Å². The number of thiophene rings is 1. The maximum Gasteiger partial charge on any atom is 0.425 e. The highest BCUT2D eigenvalue weighted by molar-refractivity contribution is 7.19. The van der Waals surface area contributed by atoms with Crippen molar-refractivity contribution in [2.45, 2.75) is 18.7 Å². The van der Waals surface area contributed by atoms with Crippen molar-refractivity contribution in [2.24, 2.45) is 0 Å². The minimum absolute atomic E-state index is 0.0135. The summed E-state index contributed by atoms with van der Waals surface area (Å²) in [6, 6.07) is 0.850. The average Bonchev–Trinajstić information content (AvgIpc) is 3.02. The highest BCUT2D eigenvalue weighted by atomic mass is 35.5. The number of alkyl halides is 3. The molecule has 0 bridgehead atoms. The van der Waals surface area contributed by atoms with E-state index in [-0.39, 0.29) is 27.7 Å². The molecule has 22 heavy (non-hydrogen) atoms. The molecule has 1 saturated heterocycles. The Morgan fingerprint density at radius 3 is 2.77 bits per heavy atom. The van der Waals surface area contributed by atoms with Gasteiger partial charge in [0, 0.05) is 13.1 Å². The highest BCUT2D eigenvalue weighted by Crippen LogP contribution is 2.39. The normalized spacial score (nSPS) is 19.1. The summed E-state index contributed by atoms with van der Waals surface area (Å²) in [6.07, 6.45) is -4.74. The number of hydrogen-bond acceptors (Lipinski definition) is 5. The number of hydrogen-bond donors (Lipinski definition) is 1. The van der Waals surface area contributed by atoms with Crippen LogP contribution >= 0.6 is 22.9 Å². The van der Waals surface area contributed by atoms with Crippen molar-refractivity contribution in [3.05, 3.63) is 21.9 Å². The number of halogens is 4. The van der Waals surface area contributed by atoms with Crippen molar-refractivity contribution < 1.29 is 23.1 Å². The van der Waals surface area contributed by atoms with Gasteiger partial charge < -0.3 is 10.0 Å². The molecule has 10 heteroatoms. The first-order valence-electron chi connectivity index (χ1n) is 6.27. The van der Waals surface area contributed by atoms with E-state index in [4.69, 9.17) is 11.6 Å². The molecule has 1 aliphatic rings. The third-order valence-electron chi connectivity index (χ3n) is 3.28. The van der Waals surface area contributed by atoms with E-state index in [0.29, 0.717) is 24.3 Å². The van der Waals surface area contributed by atoms with Gasteiger partial charge >= 0.3 is 6.18 Å². The molecule has 0 saturated carbocycles. The Morgan fingerprint density at radius 2 is 2.18 bits per heavy atom. The van der Waals surface area contributed by atoms with E-state index in [2.05, 4.69) is 9.97 Å². The zero-order chi connectivity index (χ0) is 16.1. The van der Waals surface area contributed by atoms with Gasteiger partial charge in [-0.1, -0.05) is 0 Å². The van der Waals surface area contributed by atoms with Gasteiger partial charge in [-0.2, -0.15) is 13.2 Å². The molecule has 3 heterocycles. The number of carbonyl (C=O) groups is 1. The van der Waals surface area contributed by atoms with E-state index in [1.54, 1.807) is 0 Å². The smallest absolute Gasteiger partial charge is 0.391 e. The Kier molecular flexibility index (Phi) is 3.74. The molecule has 1 atom stereocenters. The zero-order valence-electron chi connectivity index (χ0n) is 10.9. The van der Waals surface area contributed by atoms with Gasteiger partial charge in [0.15, 0.2) is 5.69 Å². The number of β-amino-alcohol motifs (C(OH)–C–C–N with tert-alkyl or cyclic N) is 1. The summed E-state index contributed by atoms with van der Waals surface area (Å²) in [7, 11) is 0. The van der Waals surface area contributed by atoms with E-state index in [9.17, 15) is 23.1 Å². The fraction of sp³-hybridized carbons (Fsp3) is 0.417. The lowest BCUT2D eigenvalue weighted by Gasteiger charge is -2.15. The molecule has 0 radical (unpaired) electrons. The lowest BCUT2D eigenvalue weighted by molar-refractivity contribution is -0.134. The number of aliphatic hydroxyl groups is 1. The summed E-state index contributed by atoms with van der Waals surface area (Å²) in [4.78, 5) is 20.4. The fourth-order valence-electron chi connectivity index (χ4n) is 2.26. The van der Waals surface area contributed by atoms with E-state index < -0.39 is 23.1 Å². The standard InChI is InChI=1S/C12H9ClF3N3O2S/c13-11-17-6-3-7(12(14,15)16)22-9(6)8(18-11)10(21)19-2-1-5(20)4-19/h3,5,20H,1-2,4H2/t5-/m0/s1. The topological polar surface area (TPSA) is 66.3 Å². The molecule has 0 unspecified atom stereocenters. The maximum atomic E-state index is 12.8. The van der Waals surface area contributed by atoms with Gasteiger partial charge in [0.05, 0.1) is 16.3 Å². The SMILES string of the molecule is O=C(c1nc(Cl)nc2cc(C(F)(F)F)sc12)N1CC[C@H](O)C1. The summed E-state index contributed by atoms with van der Waals surface area (Å²) < 4.78 is 38.5. The Morgan fingerprint density at radius 1 is 1.45 bits per heavy atom. The van der Waals surface area contributed by atoms with Crippen LogP contribution in [0.15, 0.2) is 6.07 Å². The zero-order valence-corrected chi connectivity index (χ0v) is 12.5. The van der Waals surface area contributed by atoms with Gasteiger partial charge in [0.1, 0.15) is 4.88 Å². The molecule has 0 spiro atoms. The second kappa shape index (κ2) is 5.32. The van der Waals surface area contributed by atoms with Gasteiger partial charge in [0.2, 0.25) is 5.28 Å². The van der Waals surface area contributed by atoms with Crippen LogP contribution in [0.25, 0.3) is 10.2 Å². The van der Waals surface area contributed by atoms with Crippen LogP contribution in [-0.2, 0) is 6.18 Å². The van der Waals surface area contributed by atoms with Gasteiger partial charge in [-0.3, -0.25) is 4.79 Å². The van der Waals surface area contributed by atoms with Crippen LogP contribution in [0.1, 0.15) is 21.8 Å². The van der Waals surface area contributed by atoms with Crippen LogP contribution in [0, 0.1) is 0 Å². The second-order valence-corrected chi connectivity index (χ2v) is 6.25. The molecule has 1 fully saturated rings. The summed E-state index contributed by atoms with van der Waals surface area (Å²) in [6.45, 7) is 0.445. The van der Waals surface area contributed by atoms with Crippen molar-refractivity contribution in [1.82, 2.24) is 14.9 Å². The fourth-order valence-corrected chi connectivity index (χ4v) is 3.38. The molecular weight excluding hydrogens is 343 g/mol. The number of amides is 1. The predicted molar refractivity (Wildman–Crippen MR) is 74.0 cm³/mol. The average molecular weight is 352 g/mol. The summed E-state index contributed by atoms with van der Waals surface area (Å²) >= 11 is 6.12. The van der Waals surface area contributed by atoms with Crippen molar-refractivity contribution in [2.75, 3.05) is 13.1 Å². The maximum absolute atomic E-state index is 12.8. The Hall–Kier alpha value is -1.45. The molecule has 118 valence electrons. The minimum atomic E-state index is -4.53. The summed E-state index contributed by atoms with van der Waals surface area (Å²) in [5.41, 5.74) is -0.176. The number of aliphatic hydroxyl groups excluding tert-OH is 1. The predicted octanol–water partition coefficient (Wildman–Crippen LogP) is 2.57. The molecular formula is C12H9ClF3N3O2S. The first kappa shape index (κ1) is 15.4. The Labute approximate surface area is 131 Å². The monoisotopic (exact) mass is 351 g/mol. The molecule has 2 aromatic heterocycles. The number of nitrogens with zero attached hydrogens (tertiary/aromatic N) is 3. The van der Waals surface area contributed by atoms with Crippen LogP contribution in [0.2, 0.25) is 5.28 Å². The number of likely N-dealkylation sites (tertiary alicyclic amines) is 1. The molecule has 0 aliphatic carbocycles. The molecule has 1 N–H and O–H groups in total. The third-order valence-corrected chi connectivity index (χ3v) is 4.62. The van der Waals surface area contributed by atoms with Crippen LogP contribution in [-0.4, -0.2) is 45.1 Å². The van der Waals surface area contributed by atoms with Gasteiger partial charge in [-0.15, -0.1) is 11.3 Å². The first-order valence-corrected chi connectivity index (χ1v) is 7.47. The lowest BCUT2D eigenvalue weighted by Crippen LogP contribution is -2.30. The summed E-state index contributed by atoms with van der Waals surface area (Å²) in [5, 5.41) is 9.19.